The van der Waals surface area contributed by atoms with Gasteiger partial charge in [0.15, 0.2) is 0 Å². The monoisotopic (exact) mass is 344 g/mol. The molecule has 0 bridgehead atoms. The molecule has 0 spiro atoms. The molecule has 20 heavy (non-hydrogen) atoms. The second-order valence-corrected chi connectivity index (χ2v) is 6.20. The number of likely N-dealkylation sites (tertiary alicyclic amines) is 1. The molecule has 2 unspecified atom stereocenters. The van der Waals surface area contributed by atoms with Crippen LogP contribution < -0.4 is 10.9 Å². The lowest BCUT2D eigenvalue weighted by Gasteiger charge is -2.35. The van der Waals surface area contributed by atoms with Crippen LogP contribution in [0.2, 0.25) is 0 Å². The summed E-state index contributed by atoms with van der Waals surface area (Å²) in [4.78, 5) is 14.4. The molecule has 0 aliphatic carbocycles. The number of aliphatic hydroxyl groups is 1. The summed E-state index contributed by atoms with van der Waals surface area (Å²) >= 11 is 3.33. The van der Waals surface area contributed by atoms with Crippen LogP contribution >= 0.6 is 15.9 Å². The van der Waals surface area contributed by atoms with Gasteiger partial charge >= 0.3 is 0 Å². The number of halogens is 1. The zero-order chi connectivity index (χ0) is 14.7. The second kappa shape index (κ2) is 6.69. The van der Waals surface area contributed by atoms with E-state index in [1.807, 2.05) is 0 Å². The summed E-state index contributed by atoms with van der Waals surface area (Å²) in [6.07, 6.45) is 2.69. The predicted molar refractivity (Wildman–Crippen MR) is 82.0 cm³/mol. The molecule has 0 radical (unpaired) electrons. The minimum Gasteiger partial charge on any atom is -0.394 e. The van der Waals surface area contributed by atoms with Gasteiger partial charge in [0, 0.05) is 12.6 Å². The van der Waals surface area contributed by atoms with Crippen molar-refractivity contribution >= 4 is 21.6 Å². The quantitative estimate of drug-likeness (QED) is 0.843. The number of nitrogens with zero attached hydrogens (tertiary/aromatic N) is 3. The summed E-state index contributed by atoms with van der Waals surface area (Å²) in [6.45, 7) is 4.42. The minimum absolute atomic E-state index is 0.0991. The minimum atomic E-state index is -0.218. The summed E-state index contributed by atoms with van der Waals surface area (Å²) in [5, 5.41) is 16.4. The summed E-state index contributed by atoms with van der Waals surface area (Å²) in [5.74, 6) is 0.514. The van der Waals surface area contributed by atoms with Crippen molar-refractivity contribution in [1.82, 2.24) is 14.7 Å². The third-order valence-corrected chi connectivity index (χ3v) is 4.51. The Morgan fingerprint density at radius 1 is 1.60 bits per heavy atom. The van der Waals surface area contributed by atoms with Crippen LogP contribution in [0.15, 0.2) is 15.5 Å². The molecule has 1 aliphatic rings. The van der Waals surface area contributed by atoms with Crippen molar-refractivity contribution in [2.45, 2.75) is 25.9 Å². The first-order chi connectivity index (χ1) is 9.52. The van der Waals surface area contributed by atoms with Crippen LogP contribution in [0.4, 0.5) is 5.69 Å². The number of hydrogen-bond acceptors (Lipinski definition) is 5. The summed E-state index contributed by atoms with van der Waals surface area (Å²) < 4.78 is 1.74. The van der Waals surface area contributed by atoms with Gasteiger partial charge in [0.1, 0.15) is 4.47 Å². The number of aromatic nitrogens is 2. The lowest BCUT2D eigenvalue weighted by molar-refractivity contribution is 0.206. The Morgan fingerprint density at radius 3 is 3.00 bits per heavy atom. The number of aliphatic hydroxyl groups excluding tert-OH is 1. The maximum atomic E-state index is 12.0. The molecule has 0 amide bonds. The van der Waals surface area contributed by atoms with Crippen molar-refractivity contribution in [3.05, 3.63) is 21.0 Å². The topological polar surface area (TPSA) is 70.4 Å². The maximum absolute atomic E-state index is 12.0. The SMILES string of the molecule is CC1CN(C)CCC1Nc1cnn(CCO)c(=O)c1Br. The van der Waals surface area contributed by atoms with Gasteiger partial charge in [0.05, 0.1) is 25.0 Å². The van der Waals surface area contributed by atoms with E-state index in [0.29, 0.717) is 16.4 Å². The first-order valence-electron chi connectivity index (χ1n) is 6.84. The van der Waals surface area contributed by atoms with Gasteiger partial charge < -0.3 is 15.3 Å². The molecule has 0 aromatic carbocycles. The Bertz CT molecular complexity index is 520. The molecule has 2 atom stereocenters. The van der Waals surface area contributed by atoms with Crippen LogP contribution in [-0.2, 0) is 6.54 Å². The molecule has 2 heterocycles. The van der Waals surface area contributed by atoms with Crippen LogP contribution in [0.25, 0.3) is 0 Å². The largest absolute Gasteiger partial charge is 0.394 e. The Kier molecular flexibility index (Phi) is 5.17. The molecule has 112 valence electrons. The number of anilines is 1. The molecule has 0 saturated carbocycles. The van der Waals surface area contributed by atoms with Gasteiger partial charge in [-0.05, 0) is 41.9 Å². The van der Waals surface area contributed by atoms with E-state index in [-0.39, 0.29) is 18.7 Å². The van der Waals surface area contributed by atoms with Gasteiger partial charge in [0.25, 0.3) is 5.56 Å². The molecule has 1 aliphatic heterocycles. The Hall–Kier alpha value is -0.920. The van der Waals surface area contributed by atoms with Crippen molar-refractivity contribution in [2.75, 3.05) is 32.1 Å². The molecule has 2 N–H and O–H groups in total. The highest BCUT2D eigenvalue weighted by Gasteiger charge is 2.25. The van der Waals surface area contributed by atoms with E-state index in [1.54, 1.807) is 6.20 Å². The van der Waals surface area contributed by atoms with E-state index in [1.165, 1.54) is 4.68 Å². The highest BCUT2D eigenvalue weighted by molar-refractivity contribution is 9.10. The van der Waals surface area contributed by atoms with Crippen LogP contribution in [0, 0.1) is 5.92 Å². The fourth-order valence-corrected chi connectivity index (χ4v) is 3.01. The predicted octanol–water partition coefficient (Wildman–Crippen LogP) is 0.750. The van der Waals surface area contributed by atoms with Gasteiger partial charge in [0.2, 0.25) is 0 Å². The number of hydrogen-bond donors (Lipinski definition) is 2. The van der Waals surface area contributed by atoms with Crippen LogP contribution in [0.3, 0.4) is 0 Å². The highest BCUT2D eigenvalue weighted by Crippen LogP contribution is 2.23. The smallest absolute Gasteiger partial charge is 0.283 e. The fourth-order valence-electron chi connectivity index (χ4n) is 2.59. The molecule has 7 heteroatoms. The average molecular weight is 345 g/mol. The zero-order valence-electron chi connectivity index (χ0n) is 11.8. The van der Waals surface area contributed by atoms with Gasteiger partial charge in [-0.1, -0.05) is 6.92 Å². The first kappa shape index (κ1) is 15.5. The molecular weight excluding hydrogens is 324 g/mol. The van der Waals surface area contributed by atoms with E-state index in [4.69, 9.17) is 5.11 Å². The molecule has 2 rings (SSSR count). The zero-order valence-corrected chi connectivity index (χ0v) is 13.4. The lowest BCUT2D eigenvalue weighted by Crippen LogP contribution is -2.43. The van der Waals surface area contributed by atoms with Crippen molar-refractivity contribution in [2.24, 2.45) is 5.92 Å². The molecule has 1 aromatic rings. The van der Waals surface area contributed by atoms with Crippen molar-refractivity contribution < 1.29 is 5.11 Å². The van der Waals surface area contributed by atoms with Crippen LogP contribution in [0.5, 0.6) is 0 Å². The Balaban J connectivity index is 2.14. The van der Waals surface area contributed by atoms with E-state index >= 15 is 0 Å². The molecule has 1 saturated heterocycles. The number of piperidine rings is 1. The van der Waals surface area contributed by atoms with Crippen LogP contribution in [-0.4, -0.2) is 52.6 Å². The fraction of sp³-hybridized carbons (Fsp3) is 0.692. The molecule has 6 nitrogen and oxygen atoms in total. The number of rotatable bonds is 4. The van der Waals surface area contributed by atoms with Crippen molar-refractivity contribution in [3.8, 4) is 0 Å². The lowest BCUT2D eigenvalue weighted by atomic mass is 9.94. The van der Waals surface area contributed by atoms with Crippen LogP contribution in [0.1, 0.15) is 13.3 Å². The maximum Gasteiger partial charge on any atom is 0.283 e. The normalized spacial score (nSPS) is 23.8. The average Bonchev–Trinajstić information content (AvgIpc) is 2.41. The summed E-state index contributed by atoms with van der Waals surface area (Å²) in [6, 6.07) is 0.345. The third-order valence-electron chi connectivity index (χ3n) is 3.75. The third kappa shape index (κ3) is 3.39. The van der Waals surface area contributed by atoms with Gasteiger partial charge in [-0.15, -0.1) is 0 Å². The van der Waals surface area contributed by atoms with Gasteiger partial charge in [-0.2, -0.15) is 5.10 Å². The summed E-state index contributed by atoms with van der Waals surface area (Å²) in [7, 11) is 2.13. The molecule has 1 aromatic heterocycles. The first-order valence-corrected chi connectivity index (χ1v) is 7.63. The van der Waals surface area contributed by atoms with Crippen molar-refractivity contribution in [1.29, 1.82) is 0 Å². The molecule has 1 fully saturated rings. The van der Waals surface area contributed by atoms with E-state index in [9.17, 15) is 4.79 Å². The van der Waals surface area contributed by atoms with Gasteiger partial charge in [-0.3, -0.25) is 4.79 Å². The summed E-state index contributed by atoms with van der Waals surface area (Å²) in [5.41, 5.74) is 0.509. The van der Waals surface area contributed by atoms with Crippen molar-refractivity contribution in [3.63, 3.8) is 0 Å². The number of nitrogens with one attached hydrogen (secondary N) is 1. The standard InChI is InChI=1S/C13H21BrN4O2/c1-9-8-17(2)4-3-10(9)16-11-7-15-18(5-6-19)13(20)12(11)14/h7,9-10,16,19H,3-6,8H2,1-2H3. The van der Waals surface area contributed by atoms with E-state index in [2.05, 4.69) is 45.2 Å². The van der Waals surface area contributed by atoms with Gasteiger partial charge in [-0.25, -0.2) is 4.68 Å². The van der Waals surface area contributed by atoms with E-state index in [0.717, 1.165) is 25.2 Å². The van der Waals surface area contributed by atoms with E-state index < -0.39 is 0 Å². The Morgan fingerprint density at radius 2 is 2.35 bits per heavy atom. The molecular formula is C13H21BrN4O2. The second-order valence-electron chi connectivity index (χ2n) is 5.40. The highest BCUT2D eigenvalue weighted by atomic mass is 79.9. The Labute approximate surface area is 126 Å².